The molecule has 0 amide bonds. The lowest BCUT2D eigenvalue weighted by Crippen LogP contribution is -2.07. The van der Waals surface area contributed by atoms with Gasteiger partial charge in [0.05, 0.1) is 5.52 Å². The molecule has 4 heteroatoms. The van der Waals surface area contributed by atoms with Gasteiger partial charge in [0.15, 0.2) is 5.65 Å². The minimum atomic E-state index is 0.770. The smallest absolute Gasteiger partial charge is 0.178 e. The number of fused-ring (bicyclic) bond motifs is 1. The van der Waals surface area contributed by atoms with Gasteiger partial charge in [0.1, 0.15) is 5.82 Å². The van der Waals surface area contributed by atoms with Gasteiger partial charge in [-0.05, 0) is 42.8 Å². The number of pyridine rings is 1. The number of hydrogen-bond acceptors (Lipinski definition) is 3. The molecule has 96 valence electrons. The van der Waals surface area contributed by atoms with Crippen molar-refractivity contribution in [3.8, 4) is 11.4 Å². The fraction of sp³-hybridized carbons (Fsp3) is 0.200. The van der Waals surface area contributed by atoms with Gasteiger partial charge in [-0.3, -0.25) is 0 Å². The Kier molecular flexibility index (Phi) is 2.71. The summed E-state index contributed by atoms with van der Waals surface area (Å²) in [6.07, 6.45) is 1.79. The fourth-order valence-corrected chi connectivity index (χ4v) is 2.09. The minimum absolute atomic E-state index is 0.770. The van der Waals surface area contributed by atoms with Crippen molar-refractivity contribution in [2.45, 2.75) is 6.92 Å². The Morgan fingerprint density at radius 2 is 1.79 bits per heavy atom. The van der Waals surface area contributed by atoms with Crippen molar-refractivity contribution in [2.75, 3.05) is 19.0 Å². The molecule has 1 N–H and O–H groups in total. The van der Waals surface area contributed by atoms with Crippen LogP contribution >= 0.6 is 0 Å². The van der Waals surface area contributed by atoms with Crippen LogP contribution in [-0.4, -0.2) is 29.0 Å². The highest BCUT2D eigenvalue weighted by Gasteiger charge is 2.07. The average Bonchev–Trinajstić information content (AvgIpc) is 2.84. The first kappa shape index (κ1) is 11.7. The van der Waals surface area contributed by atoms with E-state index in [2.05, 4.69) is 51.0 Å². The predicted molar refractivity (Wildman–Crippen MR) is 78.4 cm³/mol. The van der Waals surface area contributed by atoms with Gasteiger partial charge in [-0.15, -0.1) is 0 Å². The summed E-state index contributed by atoms with van der Waals surface area (Å²) in [7, 11) is 4.06. The van der Waals surface area contributed by atoms with Crippen LogP contribution in [0.1, 0.15) is 5.56 Å². The lowest BCUT2D eigenvalue weighted by atomic mass is 10.2. The van der Waals surface area contributed by atoms with Crippen LogP contribution < -0.4 is 4.90 Å². The van der Waals surface area contributed by atoms with Crippen molar-refractivity contribution >= 4 is 16.9 Å². The number of H-pyrrole nitrogens is 1. The maximum absolute atomic E-state index is 4.54. The highest BCUT2D eigenvalue weighted by Crippen LogP contribution is 2.23. The zero-order chi connectivity index (χ0) is 13.4. The summed E-state index contributed by atoms with van der Waals surface area (Å²) in [5, 5.41) is 0. The van der Waals surface area contributed by atoms with Gasteiger partial charge in [-0.1, -0.05) is 0 Å². The van der Waals surface area contributed by atoms with Gasteiger partial charge in [0.2, 0.25) is 0 Å². The second kappa shape index (κ2) is 4.39. The summed E-state index contributed by atoms with van der Waals surface area (Å²) in [6.45, 7) is 2.06. The summed E-state index contributed by atoms with van der Waals surface area (Å²) in [5.41, 5.74) is 5.19. The summed E-state index contributed by atoms with van der Waals surface area (Å²) < 4.78 is 0. The molecule has 1 aromatic carbocycles. The molecule has 0 saturated carbocycles. The van der Waals surface area contributed by atoms with Gasteiger partial charge in [-0.25, -0.2) is 9.97 Å². The lowest BCUT2D eigenvalue weighted by Gasteiger charge is -2.11. The Labute approximate surface area is 112 Å². The number of anilines is 1. The maximum atomic E-state index is 4.54. The molecule has 0 aliphatic carbocycles. The van der Waals surface area contributed by atoms with Crippen LogP contribution in [-0.2, 0) is 0 Å². The van der Waals surface area contributed by atoms with E-state index in [0.717, 1.165) is 28.1 Å². The Bertz CT molecular complexity index is 711. The zero-order valence-corrected chi connectivity index (χ0v) is 11.3. The van der Waals surface area contributed by atoms with E-state index in [1.807, 2.05) is 20.2 Å². The second-order valence-electron chi connectivity index (χ2n) is 4.85. The first-order chi connectivity index (χ1) is 9.15. The van der Waals surface area contributed by atoms with Gasteiger partial charge in [-0.2, -0.15) is 0 Å². The number of rotatable bonds is 2. The molecule has 0 atom stereocenters. The van der Waals surface area contributed by atoms with E-state index in [4.69, 9.17) is 0 Å². The zero-order valence-electron chi connectivity index (χ0n) is 11.3. The standard InChI is InChI=1S/C15H16N4/c1-10-8-9-16-15-13(10)17-14(18-15)11-4-6-12(7-5-11)19(2)3/h4-9H,1-3H3,(H,16,17,18). The third-order valence-corrected chi connectivity index (χ3v) is 3.26. The molecule has 0 bridgehead atoms. The molecule has 0 fully saturated rings. The van der Waals surface area contributed by atoms with Gasteiger partial charge in [0, 0.05) is 31.5 Å². The van der Waals surface area contributed by atoms with Crippen molar-refractivity contribution in [2.24, 2.45) is 0 Å². The van der Waals surface area contributed by atoms with E-state index in [1.165, 1.54) is 5.69 Å². The highest BCUT2D eigenvalue weighted by molar-refractivity contribution is 5.78. The molecule has 0 unspecified atom stereocenters. The first-order valence-electron chi connectivity index (χ1n) is 6.24. The number of aromatic nitrogens is 3. The molecule has 0 aliphatic heterocycles. The molecule has 2 heterocycles. The van der Waals surface area contributed by atoms with Crippen LogP contribution in [0.4, 0.5) is 5.69 Å². The van der Waals surface area contributed by atoms with Crippen molar-refractivity contribution in [1.82, 2.24) is 15.0 Å². The van der Waals surface area contributed by atoms with Crippen molar-refractivity contribution in [3.63, 3.8) is 0 Å². The number of benzene rings is 1. The molecule has 0 spiro atoms. The summed E-state index contributed by atoms with van der Waals surface area (Å²) in [5.74, 6) is 0.863. The van der Waals surface area contributed by atoms with Gasteiger partial charge >= 0.3 is 0 Å². The number of aromatic amines is 1. The second-order valence-corrected chi connectivity index (χ2v) is 4.85. The maximum Gasteiger partial charge on any atom is 0.178 e. The van der Waals surface area contributed by atoms with E-state index in [0.29, 0.717) is 0 Å². The Hall–Kier alpha value is -2.36. The lowest BCUT2D eigenvalue weighted by molar-refractivity contribution is 1.13. The molecule has 2 aromatic heterocycles. The Balaban J connectivity index is 2.06. The van der Waals surface area contributed by atoms with Crippen molar-refractivity contribution in [3.05, 3.63) is 42.1 Å². The van der Waals surface area contributed by atoms with Crippen molar-refractivity contribution < 1.29 is 0 Å². The molecule has 4 nitrogen and oxygen atoms in total. The fourth-order valence-electron chi connectivity index (χ4n) is 2.09. The summed E-state index contributed by atoms with van der Waals surface area (Å²) in [4.78, 5) is 14.2. The minimum Gasteiger partial charge on any atom is -0.378 e. The molecular formula is C15H16N4. The first-order valence-corrected chi connectivity index (χ1v) is 6.24. The third kappa shape index (κ3) is 2.05. The van der Waals surface area contributed by atoms with Gasteiger partial charge < -0.3 is 9.88 Å². The molecule has 0 radical (unpaired) electrons. The SMILES string of the molecule is Cc1ccnc2nc(-c3ccc(N(C)C)cc3)[nH]c12. The van der Waals surface area contributed by atoms with E-state index >= 15 is 0 Å². The van der Waals surface area contributed by atoms with E-state index < -0.39 is 0 Å². The Morgan fingerprint density at radius 1 is 1.05 bits per heavy atom. The van der Waals surface area contributed by atoms with Crippen LogP contribution in [0.25, 0.3) is 22.6 Å². The molecule has 3 aromatic rings. The normalized spacial score (nSPS) is 10.9. The molecule has 19 heavy (non-hydrogen) atoms. The Morgan fingerprint density at radius 3 is 2.42 bits per heavy atom. The molecule has 3 rings (SSSR count). The van der Waals surface area contributed by atoms with Crippen molar-refractivity contribution in [1.29, 1.82) is 0 Å². The van der Waals surface area contributed by atoms with Crippen LogP contribution in [0.2, 0.25) is 0 Å². The van der Waals surface area contributed by atoms with E-state index in [-0.39, 0.29) is 0 Å². The number of nitrogens with one attached hydrogen (secondary N) is 1. The van der Waals surface area contributed by atoms with Crippen LogP contribution in [0.3, 0.4) is 0 Å². The molecular weight excluding hydrogens is 236 g/mol. The number of hydrogen-bond donors (Lipinski definition) is 1. The van der Waals surface area contributed by atoms with Crippen LogP contribution in [0.5, 0.6) is 0 Å². The summed E-state index contributed by atoms with van der Waals surface area (Å²) >= 11 is 0. The quantitative estimate of drug-likeness (QED) is 0.762. The number of imidazole rings is 1. The van der Waals surface area contributed by atoms with E-state index in [9.17, 15) is 0 Å². The predicted octanol–water partition coefficient (Wildman–Crippen LogP) is 3.00. The third-order valence-electron chi connectivity index (χ3n) is 3.26. The monoisotopic (exact) mass is 252 g/mol. The van der Waals surface area contributed by atoms with Crippen LogP contribution in [0.15, 0.2) is 36.5 Å². The number of nitrogens with zero attached hydrogens (tertiary/aromatic N) is 3. The van der Waals surface area contributed by atoms with E-state index in [1.54, 1.807) is 6.20 Å². The van der Waals surface area contributed by atoms with Crippen LogP contribution in [0, 0.1) is 6.92 Å². The number of aryl methyl sites for hydroxylation is 1. The highest BCUT2D eigenvalue weighted by atomic mass is 15.1. The summed E-state index contributed by atoms with van der Waals surface area (Å²) in [6, 6.07) is 10.3. The topological polar surface area (TPSA) is 44.8 Å². The largest absolute Gasteiger partial charge is 0.378 e. The molecule has 0 saturated heterocycles. The van der Waals surface area contributed by atoms with Gasteiger partial charge in [0.25, 0.3) is 0 Å². The molecule has 0 aliphatic rings. The average molecular weight is 252 g/mol.